The van der Waals surface area contributed by atoms with Gasteiger partial charge >= 0.3 is 0 Å². The zero-order valence-corrected chi connectivity index (χ0v) is 9.50. The highest BCUT2D eigenvalue weighted by Crippen LogP contribution is 2.33. The van der Waals surface area contributed by atoms with Gasteiger partial charge in [-0.15, -0.1) is 0 Å². The molecule has 1 aromatic heterocycles. The molecule has 1 fully saturated rings. The number of nitrogens with zero attached hydrogens (tertiary/aromatic N) is 2. The molecule has 0 unspecified atom stereocenters. The van der Waals surface area contributed by atoms with Gasteiger partial charge < -0.3 is 4.57 Å². The fourth-order valence-electron chi connectivity index (χ4n) is 2.75. The predicted molar refractivity (Wildman–Crippen MR) is 66.1 cm³/mol. The molecule has 1 saturated carbocycles. The van der Waals surface area contributed by atoms with Crippen LogP contribution < -0.4 is 0 Å². The topological polar surface area (TPSA) is 48.1 Å². The second-order valence-electron chi connectivity index (χ2n) is 4.66. The van der Waals surface area contributed by atoms with Crippen LogP contribution in [-0.4, -0.2) is 9.49 Å². The van der Waals surface area contributed by atoms with Crippen molar-refractivity contribution in [3.05, 3.63) is 40.6 Å². The number of non-ortho nitro benzene ring substituents is 1. The highest BCUT2D eigenvalue weighted by molar-refractivity contribution is 5.82. The quantitative estimate of drug-likeness (QED) is 0.583. The van der Waals surface area contributed by atoms with Crippen molar-refractivity contribution >= 4 is 16.6 Å². The van der Waals surface area contributed by atoms with Crippen LogP contribution in [0.25, 0.3) is 10.9 Å². The summed E-state index contributed by atoms with van der Waals surface area (Å²) in [7, 11) is 0. The van der Waals surface area contributed by atoms with Gasteiger partial charge in [0.2, 0.25) is 0 Å². The van der Waals surface area contributed by atoms with Gasteiger partial charge in [0, 0.05) is 29.8 Å². The van der Waals surface area contributed by atoms with Gasteiger partial charge in [-0.25, -0.2) is 0 Å². The molecule has 88 valence electrons. The van der Waals surface area contributed by atoms with E-state index in [0.29, 0.717) is 6.04 Å². The molecule has 1 aromatic carbocycles. The van der Waals surface area contributed by atoms with Crippen LogP contribution in [0.5, 0.6) is 0 Å². The van der Waals surface area contributed by atoms with Crippen LogP contribution in [0, 0.1) is 10.1 Å². The molecule has 1 heterocycles. The molecular weight excluding hydrogens is 216 g/mol. The molecule has 4 heteroatoms. The Bertz CT molecular complexity index is 568. The average Bonchev–Trinajstić information content (AvgIpc) is 2.96. The van der Waals surface area contributed by atoms with E-state index < -0.39 is 0 Å². The van der Waals surface area contributed by atoms with Crippen LogP contribution in [0.4, 0.5) is 5.69 Å². The van der Waals surface area contributed by atoms with Gasteiger partial charge in [0.25, 0.3) is 5.69 Å². The van der Waals surface area contributed by atoms with Crippen molar-refractivity contribution in [1.29, 1.82) is 0 Å². The summed E-state index contributed by atoms with van der Waals surface area (Å²) >= 11 is 0. The fourth-order valence-corrected chi connectivity index (χ4v) is 2.75. The van der Waals surface area contributed by atoms with Gasteiger partial charge in [-0.3, -0.25) is 10.1 Å². The third-order valence-corrected chi connectivity index (χ3v) is 3.64. The van der Waals surface area contributed by atoms with Crippen LogP contribution in [0.15, 0.2) is 30.5 Å². The number of rotatable bonds is 2. The second kappa shape index (κ2) is 3.87. The lowest BCUT2D eigenvalue weighted by Gasteiger charge is -2.12. The first kappa shape index (κ1) is 10.3. The van der Waals surface area contributed by atoms with Crippen molar-refractivity contribution in [2.45, 2.75) is 31.7 Å². The van der Waals surface area contributed by atoms with E-state index in [0.717, 1.165) is 10.9 Å². The van der Waals surface area contributed by atoms with Crippen molar-refractivity contribution in [2.75, 3.05) is 0 Å². The first-order valence-electron chi connectivity index (χ1n) is 6.01. The number of aromatic nitrogens is 1. The third-order valence-electron chi connectivity index (χ3n) is 3.64. The number of hydrogen-bond acceptors (Lipinski definition) is 2. The first-order valence-corrected chi connectivity index (χ1v) is 6.01. The molecule has 1 aliphatic carbocycles. The Morgan fingerprint density at radius 3 is 2.71 bits per heavy atom. The van der Waals surface area contributed by atoms with E-state index >= 15 is 0 Å². The summed E-state index contributed by atoms with van der Waals surface area (Å²) in [4.78, 5) is 10.5. The largest absolute Gasteiger partial charge is 0.344 e. The summed E-state index contributed by atoms with van der Waals surface area (Å²) in [6, 6.07) is 7.65. The molecular formula is C13H14N2O2. The van der Waals surface area contributed by atoms with E-state index in [1.807, 2.05) is 12.1 Å². The Hall–Kier alpha value is -1.84. The van der Waals surface area contributed by atoms with E-state index in [4.69, 9.17) is 0 Å². The molecule has 1 aliphatic rings. The average molecular weight is 230 g/mol. The highest BCUT2D eigenvalue weighted by atomic mass is 16.6. The number of nitro groups is 1. The minimum absolute atomic E-state index is 0.176. The Balaban J connectivity index is 2.11. The summed E-state index contributed by atoms with van der Waals surface area (Å²) in [6.45, 7) is 0. The van der Waals surface area contributed by atoms with Gasteiger partial charge in [-0.1, -0.05) is 12.8 Å². The SMILES string of the molecule is O=[N+]([O-])c1ccc2ccn(C3CCCC3)c2c1. The van der Waals surface area contributed by atoms with Gasteiger partial charge in [-0.2, -0.15) is 0 Å². The van der Waals surface area contributed by atoms with Crippen LogP contribution in [-0.2, 0) is 0 Å². The van der Waals surface area contributed by atoms with E-state index in [1.165, 1.54) is 25.7 Å². The maximum atomic E-state index is 10.8. The lowest BCUT2D eigenvalue weighted by molar-refractivity contribution is -0.384. The summed E-state index contributed by atoms with van der Waals surface area (Å²) < 4.78 is 2.20. The molecule has 2 aromatic rings. The van der Waals surface area contributed by atoms with Gasteiger partial charge in [0.1, 0.15) is 0 Å². The molecule has 0 radical (unpaired) electrons. The molecule has 3 rings (SSSR count). The highest BCUT2D eigenvalue weighted by Gasteiger charge is 2.19. The molecule has 0 aliphatic heterocycles. The van der Waals surface area contributed by atoms with Crippen molar-refractivity contribution in [3.8, 4) is 0 Å². The minimum Gasteiger partial charge on any atom is -0.344 e. The molecule has 0 bridgehead atoms. The third kappa shape index (κ3) is 1.69. The molecule has 0 atom stereocenters. The maximum Gasteiger partial charge on any atom is 0.271 e. The zero-order valence-electron chi connectivity index (χ0n) is 9.50. The molecule has 4 nitrogen and oxygen atoms in total. The lowest BCUT2D eigenvalue weighted by Crippen LogP contribution is -2.02. The van der Waals surface area contributed by atoms with E-state index in [2.05, 4.69) is 10.8 Å². The Kier molecular flexibility index (Phi) is 2.35. The van der Waals surface area contributed by atoms with Crippen molar-refractivity contribution < 1.29 is 4.92 Å². The van der Waals surface area contributed by atoms with E-state index in [-0.39, 0.29) is 10.6 Å². The predicted octanol–water partition coefficient (Wildman–Crippen LogP) is 3.66. The monoisotopic (exact) mass is 230 g/mol. The summed E-state index contributed by atoms with van der Waals surface area (Å²) in [5.74, 6) is 0. The second-order valence-corrected chi connectivity index (χ2v) is 4.66. The smallest absolute Gasteiger partial charge is 0.271 e. The molecule has 17 heavy (non-hydrogen) atoms. The molecule has 0 N–H and O–H groups in total. The van der Waals surface area contributed by atoms with Crippen LogP contribution in [0.3, 0.4) is 0 Å². The van der Waals surface area contributed by atoms with Gasteiger partial charge in [0.15, 0.2) is 0 Å². The van der Waals surface area contributed by atoms with Crippen LogP contribution in [0.2, 0.25) is 0 Å². The Morgan fingerprint density at radius 2 is 2.00 bits per heavy atom. The van der Waals surface area contributed by atoms with E-state index in [9.17, 15) is 10.1 Å². The zero-order chi connectivity index (χ0) is 11.8. The Morgan fingerprint density at radius 1 is 1.24 bits per heavy atom. The van der Waals surface area contributed by atoms with Crippen LogP contribution in [0.1, 0.15) is 31.7 Å². The lowest BCUT2D eigenvalue weighted by atomic mass is 10.2. The number of nitro benzene ring substituents is 1. The molecule has 0 spiro atoms. The van der Waals surface area contributed by atoms with E-state index in [1.54, 1.807) is 12.1 Å². The van der Waals surface area contributed by atoms with Crippen LogP contribution >= 0.6 is 0 Å². The molecule has 0 saturated heterocycles. The number of benzene rings is 1. The summed E-state index contributed by atoms with van der Waals surface area (Å²) in [5, 5.41) is 11.9. The summed E-state index contributed by atoms with van der Waals surface area (Å²) in [6.07, 6.45) is 6.96. The van der Waals surface area contributed by atoms with Gasteiger partial charge in [-0.05, 0) is 25.0 Å². The maximum absolute atomic E-state index is 10.8. The first-order chi connectivity index (χ1) is 8.25. The molecule has 0 amide bonds. The van der Waals surface area contributed by atoms with Crippen molar-refractivity contribution in [3.63, 3.8) is 0 Å². The van der Waals surface area contributed by atoms with Gasteiger partial charge in [0.05, 0.1) is 10.4 Å². The normalized spacial score (nSPS) is 16.7. The standard InChI is InChI=1S/C13H14N2O2/c16-15(17)12-6-5-10-7-8-14(13(10)9-12)11-3-1-2-4-11/h5-9,11H,1-4H2. The fraction of sp³-hybridized carbons (Fsp3) is 0.385. The number of fused-ring (bicyclic) bond motifs is 1. The Labute approximate surface area is 99.0 Å². The number of hydrogen-bond donors (Lipinski definition) is 0. The minimum atomic E-state index is -0.328. The van der Waals surface area contributed by atoms with Crippen molar-refractivity contribution in [2.24, 2.45) is 0 Å². The van der Waals surface area contributed by atoms with Crippen molar-refractivity contribution in [1.82, 2.24) is 4.57 Å². The summed E-state index contributed by atoms with van der Waals surface area (Å²) in [5.41, 5.74) is 1.17.